The van der Waals surface area contributed by atoms with Crippen LogP contribution in [-0.4, -0.2) is 0 Å². The first kappa shape index (κ1) is 13.4. The summed E-state index contributed by atoms with van der Waals surface area (Å²) in [5.74, 6) is 0. The van der Waals surface area contributed by atoms with Gasteiger partial charge in [-0.2, -0.15) is 0 Å². The highest BCUT2D eigenvalue weighted by Gasteiger charge is 2.37. The van der Waals surface area contributed by atoms with E-state index in [0.717, 1.165) is 0 Å². The number of benzene rings is 2. The predicted octanol–water partition coefficient (Wildman–Crippen LogP) is 5.94. The second kappa shape index (κ2) is 5.44. The zero-order valence-corrected chi connectivity index (χ0v) is 12.7. The molecule has 1 aliphatic rings. The Kier molecular flexibility index (Phi) is 3.65. The van der Waals surface area contributed by atoms with Gasteiger partial charge in [-0.25, -0.2) is 0 Å². The third-order valence-electron chi connectivity index (χ3n) is 4.86. The van der Waals surface area contributed by atoms with Crippen LogP contribution in [0.15, 0.2) is 48.5 Å². The van der Waals surface area contributed by atoms with Crippen molar-refractivity contribution in [3.63, 3.8) is 0 Å². The topological polar surface area (TPSA) is 0 Å². The molecular weight excluding hydrogens is 240 g/mol. The highest BCUT2D eigenvalue weighted by Crippen LogP contribution is 2.50. The van der Waals surface area contributed by atoms with E-state index in [0.29, 0.717) is 0 Å². The predicted molar refractivity (Wildman–Crippen MR) is 87.1 cm³/mol. The van der Waals surface area contributed by atoms with Crippen molar-refractivity contribution < 1.29 is 0 Å². The molecule has 2 aromatic rings. The Morgan fingerprint density at radius 1 is 0.750 bits per heavy atom. The van der Waals surface area contributed by atoms with Crippen molar-refractivity contribution >= 4 is 0 Å². The first-order valence-electron chi connectivity index (χ1n) is 7.97. The molecule has 0 aromatic heterocycles. The Morgan fingerprint density at radius 2 is 1.30 bits per heavy atom. The lowest BCUT2D eigenvalue weighted by atomic mass is 9.76. The molecule has 0 nitrogen and oxygen atoms in total. The SMILES string of the molecule is CCCCCCC1(C)c2ccccc2-c2ccccc21. The molecule has 2 aromatic carbocycles. The second-order valence-electron chi connectivity index (χ2n) is 6.23. The molecule has 0 unspecified atom stereocenters. The van der Waals surface area contributed by atoms with E-state index < -0.39 is 0 Å². The molecule has 0 spiro atoms. The zero-order chi connectivity index (χ0) is 14.0. The largest absolute Gasteiger partial charge is 0.0654 e. The van der Waals surface area contributed by atoms with Gasteiger partial charge in [0.15, 0.2) is 0 Å². The van der Waals surface area contributed by atoms with E-state index in [2.05, 4.69) is 62.4 Å². The number of rotatable bonds is 5. The Morgan fingerprint density at radius 3 is 1.85 bits per heavy atom. The monoisotopic (exact) mass is 264 g/mol. The molecule has 0 radical (unpaired) electrons. The number of hydrogen-bond donors (Lipinski definition) is 0. The maximum absolute atomic E-state index is 2.43. The molecule has 1 aliphatic carbocycles. The maximum atomic E-state index is 2.43. The summed E-state index contributed by atoms with van der Waals surface area (Å²) in [7, 11) is 0. The summed E-state index contributed by atoms with van der Waals surface area (Å²) < 4.78 is 0. The first-order valence-corrected chi connectivity index (χ1v) is 7.97. The van der Waals surface area contributed by atoms with Crippen LogP contribution in [0.25, 0.3) is 11.1 Å². The van der Waals surface area contributed by atoms with Gasteiger partial charge >= 0.3 is 0 Å². The van der Waals surface area contributed by atoms with Crippen LogP contribution in [0.5, 0.6) is 0 Å². The lowest BCUT2D eigenvalue weighted by molar-refractivity contribution is 0.487. The minimum atomic E-state index is 0.209. The van der Waals surface area contributed by atoms with Crippen molar-refractivity contribution in [1.29, 1.82) is 0 Å². The summed E-state index contributed by atoms with van der Waals surface area (Å²) in [5.41, 5.74) is 6.15. The molecule has 0 bridgehead atoms. The normalized spacial score (nSPS) is 14.9. The average Bonchev–Trinajstić information content (AvgIpc) is 2.75. The molecule has 0 saturated carbocycles. The Hall–Kier alpha value is -1.56. The van der Waals surface area contributed by atoms with Gasteiger partial charge in [0.1, 0.15) is 0 Å². The van der Waals surface area contributed by atoms with E-state index in [-0.39, 0.29) is 5.41 Å². The van der Waals surface area contributed by atoms with E-state index >= 15 is 0 Å². The van der Waals surface area contributed by atoms with Gasteiger partial charge < -0.3 is 0 Å². The van der Waals surface area contributed by atoms with Gasteiger partial charge in [0, 0.05) is 5.41 Å². The fourth-order valence-corrected chi connectivity index (χ4v) is 3.72. The van der Waals surface area contributed by atoms with Crippen molar-refractivity contribution in [3.8, 4) is 11.1 Å². The fourth-order valence-electron chi connectivity index (χ4n) is 3.72. The summed E-state index contributed by atoms with van der Waals surface area (Å²) in [6.07, 6.45) is 6.62. The first-order chi connectivity index (χ1) is 9.77. The molecule has 0 fully saturated rings. The van der Waals surface area contributed by atoms with Crippen LogP contribution in [0, 0.1) is 0 Å². The smallest absolute Gasteiger partial charge is 0.0187 e. The number of hydrogen-bond acceptors (Lipinski definition) is 0. The summed E-state index contributed by atoms with van der Waals surface area (Å²) in [6.45, 7) is 4.71. The van der Waals surface area contributed by atoms with Gasteiger partial charge in [-0.1, -0.05) is 88.1 Å². The van der Waals surface area contributed by atoms with Crippen LogP contribution < -0.4 is 0 Å². The van der Waals surface area contributed by atoms with Crippen LogP contribution in [0.2, 0.25) is 0 Å². The Labute approximate surface area is 122 Å². The van der Waals surface area contributed by atoms with Gasteiger partial charge in [-0.15, -0.1) is 0 Å². The van der Waals surface area contributed by atoms with Crippen molar-refractivity contribution in [2.45, 2.75) is 51.4 Å². The minimum absolute atomic E-state index is 0.209. The molecule has 0 aliphatic heterocycles. The Bertz CT molecular complexity index is 549. The van der Waals surface area contributed by atoms with Crippen LogP contribution in [-0.2, 0) is 5.41 Å². The van der Waals surface area contributed by atoms with Crippen molar-refractivity contribution in [2.75, 3.05) is 0 Å². The van der Waals surface area contributed by atoms with Gasteiger partial charge in [0.25, 0.3) is 0 Å². The van der Waals surface area contributed by atoms with Crippen molar-refractivity contribution in [1.82, 2.24) is 0 Å². The molecule has 20 heavy (non-hydrogen) atoms. The van der Waals surface area contributed by atoms with Crippen LogP contribution in [0.1, 0.15) is 57.1 Å². The fraction of sp³-hybridized carbons (Fsp3) is 0.400. The summed E-state index contributed by atoms with van der Waals surface area (Å²) in [5, 5.41) is 0. The van der Waals surface area contributed by atoms with Crippen LogP contribution in [0.3, 0.4) is 0 Å². The molecule has 3 rings (SSSR count). The van der Waals surface area contributed by atoms with Gasteiger partial charge in [0.05, 0.1) is 0 Å². The molecule has 104 valence electrons. The number of fused-ring (bicyclic) bond motifs is 3. The van der Waals surface area contributed by atoms with Crippen LogP contribution in [0.4, 0.5) is 0 Å². The zero-order valence-electron chi connectivity index (χ0n) is 12.7. The van der Waals surface area contributed by atoms with E-state index in [1.807, 2.05) is 0 Å². The molecule has 0 N–H and O–H groups in total. The lowest BCUT2D eigenvalue weighted by Gasteiger charge is -2.27. The lowest BCUT2D eigenvalue weighted by Crippen LogP contribution is -2.20. The molecule has 0 heterocycles. The van der Waals surface area contributed by atoms with Crippen molar-refractivity contribution in [3.05, 3.63) is 59.7 Å². The van der Waals surface area contributed by atoms with Gasteiger partial charge in [0.2, 0.25) is 0 Å². The highest BCUT2D eigenvalue weighted by atomic mass is 14.4. The maximum Gasteiger partial charge on any atom is 0.0187 e. The van der Waals surface area contributed by atoms with Crippen molar-refractivity contribution in [2.24, 2.45) is 0 Å². The second-order valence-corrected chi connectivity index (χ2v) is 6.23. The molecule has 0 heteroatoms. The van der Waals surface area contributed by atoms with E-state index in [9.17, 15) is 0 Å². The van der Waals surface area contributed by atoms with E-state index in [1.165, 1.54) is 54.4 Å². The van der Waals surface area contributed by atoms with E-state index in [1.54, 1.807) is 0 Å². The standard InChI is InChI=1S/C20H24/c1-3-4-5-10-15-20(2)18-13-8-6-11-16(18)17-12-7-9-14-19(17)20/h6-9,11-14H,3-5,10,15H2,1-2H3. The molecule has 0 saturated heterocycles. The summed E-state index contributed by atoms with van der Waals surface area (Å²) in [4.78, 5) is 0. The van der Waals surface area contributed by atoms with E-state index in [4.69, 9.17) is 0 Å². The summed E-state index contributed by atoms with van der Waals surface area (Å²) in [6, 6.07) is 17.9. The third kappa shape index (κ3) is 2.08. The quantitative estimate of drug-likeness (QED) is 0.586. The van der Waals surface area contributed by atoms with Crippen LogP contribution >= 0.6 is 0 Å². The number of unbranched alkanes of at least 4 members (excludes halogenated alkanes) is 3. The summed E-state index contributed by atoms with van der Waals surface area (Å²) >= 11 is 0. The third-order valence-corrected chi connectivity index (χ3v) is 4.86. The van der Waals surface area contributed by atoms with Gasteiger partial charge in [-0.05, 0) is 28.7 Å². The molecule has 0 amide bonds. The average molecular weight is 264 g/mol. The highest BCUT2D eigenvalue weighted by molar-refractivity contribution is 5.80. The van der Waals surface area contributed by atoms with Gasteiger partial charge in [-0.3, -0.25) is 0 Å². The minimum Gasteiger partial charge on any atom is -0.0654 e. The molecule has 0 atom stereocenters. The Balaban J connectivity index is 1.97. The molecular formula is C20H24.